The minimum atomic E-state index is 0.0838. The average Bonchev–Trinajstić information content (AvgIpc) is 2.15. The van der Waals surface area contributed by atoms with Gasteiger partial charge in [-0.15, -0.1) is 0 Å². The molecule has 1 rings (SSSR count). The first-order valence-corrected chi connectivity index (χ1v) is 2.61. The molecule has 0 N–H and O–H groups in total. The molecule has 1 aromatic rings. The zero-order valence-corrected chi connectivity index (χ0v) is 5.11. The summed E-state index contributed by atoms with van der Waals surface area (Å²) >= 11 is 0. The highest BCUT2D eigenvalue weighted by atomic mass is 16.1. The van der Waals surface area contributed by atoms with Gasteiger partial charge in [-0.25, -0.2) is 9.67 Å². The van der Waals surface area contributed by atoms with Gasteiger partial charge in [0.1, 0.15) is 19.2 Å². The maximum Gasteiger partial charge on any atom is 0.151 e. The van der Waals surface area contributed by atoms with E-state index in [2.05, 4.69) is 10.1 Å². The van der Waals surface area contributed by atoms with E-state index < -0.39 is 0 Å². The first-order chi connectivity index (χ1) is 4.29. The van der Waals surface area contributed by atoms with E-state index in [1.54, 1.807) is 0 Å². The summed E-state index contributed by atoms with van der Waals surface area (Å²) in [5.74, 6) is 0.0838. The van der Waals surface area contributed by atoms with E-state index >= 15 is 0 Å². The number of ketones is 1. The molecule has 48 valence electrons. The third kappa shape index (κ3) is 1.64. The number of Topliss-reactive ketones (excluding diaryl/α,β-unsaturated/α-hetero) is 1. The van der Waals surface area contributed by atoms with Crippen LogP contribution in [0.5, 0.6) is 0 Å². The van der Waals surface area contributed by atoms with E-state index in [-0.39, 0.29) is 5.78 Å². The van der Waals surface area contributed by atoms with E-state index in [9.17, 15) is 4.79 Å². The third-order valence-electron chi connectivity index (χ3n) is 0.851. The second-order valence-electron chi connectivity index (χ2n) is 1.80. The van der Waals surface area contributed by atoms with Crippen molar-refractivity contribution in [2.75, 3.05) is 0 Å². The van der Waals surface area contributed by atoms with Gasteiger partial charge in [-0.1, -0.05) is 0 Å². The van der Waals surface area contributed by atoms with E-state index in [0.717, 1.165) is 0 Å². The summed E-state index contributed by atoms with van der Waals surface area (Å²) in [6.45, 7) is 1.84. The summed E-state index contributed by atoms with van der Waals surface area (Å²) in [5.41, 5.74) is 0. The van der Waals surface area contributed by atoms with Gasteiger partial charge in [-0.2, -0.15) is 5.10 Å². The Morgan fingerprint density at radius 3 is 3.00 bits per heavy atom. The number of nitrogens with zero attached hydrogens (tertiary/aromatic N) is 3. The molecular formula is C5H7N3O. The molecule has 4 nitrogen and oxygen atoms in total. The number of aromatic nitrogens is 3. The summed E-state index contributed by atoms with van der Waals surface area (Å²) in [5, 5.41) is 3.74. The minimum absolute atomic E-state index is 0.0838. The van der Waals surface area contributed by atoms with Crippen molar-refractivity contribution in [1.82, 2.24) is 14.8 Å². The molecule has 0 aliphatic heterocycles. The fourth-order valence-corrected chi connectivity index (χ4v) is 0.543. The van der Waals surface area contributed by atoms with Gasteiger partial charge in [-0.05, 0) is 6.92 Å². The Kier molecular flexibility index (Phi) is 1.58. The van der Waals surface area contributed by atoms with Crippen molar-refractivity contribution < 1.29 is 4.79 Å². The van der Waals surface area contributed by atoms with Crippen molar-refractivity contribution in [3.63, 3.8) is 0 Å². The Balaban J connectivity index is 2.58. The van der Waals surface area contributed by atoms with Gasteiger partial charge in [0.25, 0.3) is 0 Å². The fourth-order valence-electron chi connectivity index (χ4n) is 0.543. The molecule has 0 unspecified atom stereocenters. The third-order valence-corrected chi connectivity index (χ3v) is 0.851. The molecule has 0 radical (unpaired) electrons. The van der Waals surface area contributed by atoms with Gasteiger partial charge in [-0.3, -0.25) is 4.79 Å². The molecule has 0 saturated carbocycles. The normalized spacial score (nSPS) is 9.44. The molecule has 0 aromatic carbocycles. The summed E-state index contributed by atoms with van der Waals surface area (Å²) < 4.78 is 1.49. The van der Waals surface area contributed by atoms with Crippen LogP contribution in [0.25, 0.3) is 0 Å². The predicted octanol–water partition coefficient (Wildman–Crippen LogP) is -0.133. The van der Waals surface area contributed by atoms with Crippen LogP contribution in [0.2, 0.25) is 0 Å². The number of rotatable bonds is 2. The van der Waals surface area contributed by atoms with Crippen LogP contribution < -0.4 is 0 Å². The van der Waals surface area contributed by atoms with Gasteiger partial charge in [0.05, 0.1) is 0 Å². The second kappa shape index (κ2) is 2.39. The van der Waals surface area contributed by atoms with Crippen molar-refractivity contribution in [3.8, 4) is 0 Å². The van der Waals surface area contributed by atoms with E-state index in [0.29, 0.717) is 6.54 Å². The average molecular weight is 125 g/mol. The van der Waals surface area contributed by atoms with Gasteiger partial charge < -0.3 is 0 Å². The largest absolute Gasteiger partial charge is 0.298 e. The molecule has 1 heterocycles. The Morgan fingerprint density at radius 1 is 1.78 bits per heavy atom. The molecule has 0 amide bonds. The number of carbonyl (C=O) groups excluding carboxylic acids is 1. The van der Waals surface area contributed by atoms with Crippen LogP contribution in [0.1, 0.15) is 6.92 Å². The fraction of sp³-hybridized carbons (Fsp3) is 0.400. The van der Waals surface area contributed by atoms with Crippen molar-refractivity contribution in [3.05, 3.63) is 12.7 Å². The van der Waals surface area contributed by atoms with Gasteiger partial charge in [0.15, 0.2) is 5.78 Å². The van der Waals surface area contributed by atoms with E-state index in [4.69, 9.17) is 0 Å². The molecule has 0 spiro atoms. The zero-order valence-electron chi connectivity index (χ0n) is 5.11. The summed E-state index contributed by atoms with van der Waals surface area (Å²) in [7, 11) is 0. The van der Waals surface area contributed by atoms with Gasteiger partial charge in [0, 0.05) is 0 Å². The Hall–Kier alpha value is -1.19. The lowest BCUT2D eigenvalue weighted by Gasteiger charge is -1.91. The first-order valence-electron chi connectivity index (χ1n) is 2.61. The van der Waals surface area contributed by atoms with E-state index in [1.165, 1.54) is 24.3 Å². The standard InChI is InChI=1S/C5H7N3O/c1-5(9)2-8-4-6-3-7-8/h3-4H,2H2,1H3. The smallest absolute Gasteiger partial charge is 0.151 e. The molecule has 0 aliphatic carbocycles. The number of hydrogen-bond acceptors (Lipinski definition) is 3. The molecule has 1 aromatic heterocycles. The number of carbonyl (C=O) groups is 1. The highest BCUT2D eigenvalue weighted by molar-refractivity contribution is 5.75. The lowest BCUT2D eigenvalue weighted by atomic mass is 10.5. The van der Waals surface area contributed by atoms with Crippen molar-refractivity contribution in [2.45, 2.75) is 13.5 Å². The van der Waals surface area contributed by atoms with Crippen LogP contribution in [0.3, 0.4) is 0 Å². The van der Waals surface area contributed by atoms with Crippen LogP contribution in [0, 0.1) is 0 Å². The van der Waals surface area contributed by atoms with E-state index in [1.807, 2.05) is 0 Å². The Labute approximate surface area is 52.5 Å². The van der Waals surface area contributed by atoms with Crippen LogP contribution >= 0.6 is 0 Å². The monoisotopic (exact) mass is 125 g/mol. The first kappa shape index (κ1) is 5.94. The van der Waals surface area contributed by atoms with Crippen LogP contribution in [-0.4, -0.2) is 20.5 Å². The SMILES string of the molecule is CC(=O)Cn1cncn1. The minimum Gasteiger partial charge on any atom is -0.298 e. The molecule has 0 aliphatic rings. The number of hydrogen-bond donors (Lipinski definition) is 0. The molecule has 9 heavy (non-hydrogen) atoms. The van der Waals surface area contributed by atoms with Crippen LogP contribution in [0.15, 0.2) is 12.7 Å². The predicted molar refractivity (Wildman–Crippen MR) is 30.7 cm³/mol. The summed E-state index contributed by atoms with van der Waals surface area (Å²) in [6.07, 6.45) is 2.92. The van der Waals surface area contributed by atoms with Crippen molar-refractivity contribution >= 4 is 5.78 Å². The lowest BCUT2D eigenvalue weighted by Crippen LogP contribution is -2.05. The quantitative estimate of drug-likeness (QED) is 0.553. The summed E-state index contributed by atoms with van der Waals surface area (Å²) in [6, 6.07) is 0. The maximum atomic E-state index is 10.4. The summed E-state index contributed by atoms with van der Waals surface area (Å²) in [4.78, 5) is 14.1. The lowest BCUT2D eigenvalue weighted by molar-refractivity contribution is -0.117. The maximum absolute atomic E-state index is 10.4. The van der Waals surface area contributed by atoms with Gasteiger partial charge in [0.2, 0.25) is 0 Å². The Morgan fingerprint density at radius 2 is 2.56 bits per heavy atom. The highest BCUT2D eigenvalue weighted by Crippen LogP contribution is 1.79. The molecule has 0 atom stereocenters. The Bertz CT molecular complexity index is 192. The molecule has 0 saturated heterocycles. The van der Waals surface area contributed by atoms with Crippen molar-refractivity contribution in [2.24, 2.45) is 0 Å². The topological polar surface area (TPSA) is 47.8 Å². The van der Waals surface area contributed by atoms with Gasteiger partial charge >= 0.3 is 0 Å². The molecule has 0 bridgehead atoms. The molecule has 4 heteroatoms. The zero-order chi connectivity index (χ0) is 6.69. The second-order valence-corrected chi connectivity index (χ2v) is 1.80. The van der Waals surface area contributed by atoms with Crippen LogP contribution in [0.4, 0.5) is 0 Å². The molecular weight excluding hydrogens is 118 g/mol. The highest BCUT2D eigenvalue weighted by Gasteiger charge is 1.93. The van der Waals surface area contributed by atoms with Crippen LogP contribution in [-0.2, 0) is 11.3 Å². The molecule has 0 fully saturated rings. The van der Waals surface area contributed by atoms with Crippen molar-refractivity contribution in [1.29, 1.82) is 0 Å².